The van der Waals surface area contributed by atoms with Crippen molar-refractivity contribution >= 4 is 35.6 Å². The Morgan fingerprint density at radius 2 is 1.09 bits per heavy atom. The molecule has 0 atom stereocenters. The maximum absolute atomic E-state index is 6.39. The molecule has 2 aromatic rings. The van der Waals surface area contributed by atoms with Crippen LogP contribution in [-0.2, 0) is 0 Å². The van der Waals surface area contributed by atoms with Crippen molar-refractivity contribution in [3.8, 4) is 23.0 Å². The van der Waals surface area contributed by atoms with Crippen LogP contribution in [0.4, 0.5) is 0 Å². The van der Waals surface area contributed by atoms with Crippen LogP contribution in [0.3, 0.4) is 0 Å². The highest BCUT2D eigenvalue weighted by atomic mass is 35.5. The summed E-state index contributed by atoms with van der Waals surface area (Å²) in [6.45, 7) is 12.5. The van der Waals surface area contributed by atoms with Crippen LogP contribution < -0.4 is 18.9 Å². The van der Waals surface area contributed by atoms with E-state index in [1.54, 1.807) is 24.6 Å². The molecule has 0 aliphatic carbocycles. The van der Waals surface area contributed by atoms with Gasteiger partial charge in [-0.1, -0.05) is 23.2 Å². The summed E-state index contributed by atoms with van der Waals surface area (Å²) in [5.74, 6) is 2.16. The SMILES string of the molecule is CCOc1cc(C=NN=Cc2cc(Cl)c(OC(C)C)c(OCC)c2)cc(Cl)c1OC(C)C. The van der Waals surface area contributed by atoms with Gasteiger partial charge in [0.25, 0.3) is 0 Å². The highest BCUT2D eigenvalue weighted by molar-refractivity contribution is 6.33. The van der Waals surface area contributed by atoms with Gasteiger partial charge in [0.2, 0.25) is 0 Å². The molecule has 174 valence electrons. The Bertz CT molecular complexity index is 882. The van der Waals surface area contributed by atoms with Gasteiger partial charge in [-0.2, -0.15) is 10.2 Å². The summed E-state index contributed by atoms with van der Waals surface area (Å²) < 4.78 is 22.9. The smallest absolute Gasteiger partial charge is 0.180 e. The number of rotatable bonds is 11. The molecule has 0 fully saturated rings. The van der Waals surface area contributed by atoms with E-state index in [4.69, 9.17) is 42.1 Å². The predicted molar refractivity (Wildman–Crippen MR) is 132 cm³/mol. The van der Waals surface area contributed by atoms with Gasteiger partial charge in [-0.25, -0.2) is 0 Å². The number of hydrogen-bond acceptors (Lipinski definition) is 6. The normalized spacial score (nSPS) is 11.7. The van der Waals surface area contributed by atoms with Crippen LogP contribution in [0.2, 0.25) is 10.0 Å². The first kappa shape index (κ1) is 25.8. The summed E-state index contributed by atoms with van der Waals surface area (Å²) in [7, 11) is 0. The van der Waals surface area contributed by atoms with Crippen LogP contribution in [0.5, 0.6) is 23.0 Å². The van der Waals surface area contributed by atoms with Gasteiger partial charge >= 0.3 is 0 Å². The Morgan fingerprint density at radius 1 is 0.719 bits per heavy atom. The zero-order valence-electron chi connectivity index (χ0n) is 19.3. The second-order valence-electron chi connectivity index (χ2n) is 7.35. The van der Waals surface area contributed by atoms with Crippen LogP contribution in [0.25, 0.3) is 0 Å². The minimum Gasteiger partial charge on any atom is -0.490 e. The van der Waals surface area contributed by atoms with E-state index < -0.39 is 0 Å². The summed E-state index contributed by atoms with van der Waals surface area (Å²) in [6, 6.07) is 7.13. The summed E-state index contributed by atoms with van der Waals surface area (Å²) >= 11 is 12.8. The van der Waals surface area contributed by atoms with Crippen molar-refractivity contribution < 1.29 is 18.9 Å². The highest BCUT2D eigenvalue weighted by Gasteiger charge is 2.14. The zero-order chi connectivity index (χ0) is 23.7. The minimum absolute atomic E-state index is 0.0263. The Morgan fingerprint density at radius 3 is 1.41 bits per heavy atom. The maximum Gasteiger partial charge on any atom is 0.180 e. The van der Waals surface area contributed by atoms with Gasteiger partial charge in [-0.3, -0.25) is 0 Å². The largest absolute Gasteiger partial charge is 0.490 e. The first-order chi connectivity index (χ1) is 15.2. The first-order valence-corrected chi connectivity index (χ1v) is 11.3. The molecule has 0 aromatic heterocycles. The van der Waals surface area contributed by atoms with E-state index in [1.807, 2.05) is 53.7 Å². The summed E-state index contributed by atoms with van der Waals surface area (Å²) in [5.41, 5.74) is 1.47. The number of benzene rings is 2. The molecule has 0 unspecified atom stereocenters. The van der Waals surface area contributed by atoms with Gasteiger partial charge in [-0.15, -0.1) is 0 Å². The quantitative estimate of drug-likeness (QED) is 0.261. The lowest BCUT2D eigenvalue weighted by Gasteiger charge is -2.16. The molecule has 2 rings (SSSR count). The van der Waals surface area contributed by atoms with Crippen molar-refractivity contribution in [3.05, 3.63) is 45.4 Å². The van der Waals surface area contributed by atoms with Gasteiger partial charge in [0.05, 0.1) is 47.9 Å². The van der Waals surface area contributed by atoms with Gasteiger partial charge < -0.3 is 18.9 Å². The minimum atomic E-state index is -0.0263. The Kier molecular flexibility index (Phi) is 10.1. The van der Waals surface area contributed by atoms with E-state index in [2.05, 4.69) is 10.2 Å². The first-order valence-electron chi connectivity index (χ1n) is 10.6. The molecule has 0 saturated carbocycles. The maximum atomic E-state index is 6.39. The van der Waals surface area contributed by atoms with Gasteiger partial charge in [0, 0.05) is 11.1 Å². The molecule has 0 heterocycles. The van der Waals surface area contributed by atoms with Crippen LogP contribution in [0.1, 0.15) is 52.7 Å². The summed E-state index contributed by atoms with van der Waals surface area (Å²) in [5, 5.41) is 9.14. The van der Waals surface area contributed by atoms with E-state index in [0.29, 0.717) is 46.3 Å². The van der Waals surface area contributed by atoms with Crippen molar-refractivity contribution in [2.75, 3.05) is 13.2 Å². The van der Waals surface area contributed by atoms with Crippen LogP contribution >= 0.6 is 23.2 Å². The fourth-order valence-electron chi connectivity index (χ4n) is 2.75. The summed E-state index contributed by atoms with van der Waals surface area (Å²) in [4.78, 5) is 0. The lowest BCUT2D eigenvalue weighted by atomic mass is 10.2. The van der Waals surface area contributed by atoms with Gasteiger partial charge in [0.15, 0.2) is 23.0 Å². The Balaban J connectivity index is 2.24. The van der Waals surface area contributed by atoms with Crippen molar-refractivity contribution in [1.29, 1.82) is 0 Å². The zero-order valence-corrected chi connectivity index (χ0v) is 20.8. The highest BCUT2D eigenvalue weighted by Crippen LogP contribution is 2.38. The van der Waals surface area contributed by atoms with E-state index >= 15 is 0 Å². The molecule has 32 heavy (non-hydrogen) atoms. The molecule has 0 radical (unpaired) electrons. The second kappa shape index (κ2) is 12.6. The van der Waals surface area contributed by atoms with Crippen LogP contribution in [-0.4, -0.2) is 37.9 Å². The standard InChI is InChI=1S/C24H30Cl2N2O4/c1-7-29-21-11-17(9-19(25)23(21)31-15(3)4)13-27-28-14-18-10-20(26)24(32-16(5)6)22(12-18)30-8-2/h9-16H,7-8H2,1-6H3. The predicted octanol–water partition coefficient (Wildman–Crippen LogP) is 6.82. The molecule has 0 aliphatic rings. The molecule has 0 saturated heterocycles. The molecular weight excluding hydrogens is 451 g/mol. The lowest BCUT2D eigenvalue weighted by molar-refractivity contribution is 0.224. The van der Waals surface area contributed by atoms with Gasteiger partial charge in [0.1, 0.15) is 0 Å². The molecule has 0 N–H and O–H groups in total. The molecule has 0 spiro atoms. The molecule has 8 heteroatoms. The van der Waals surface area contributed by atoms with Crippen molar-refractivity contribution in [3.63, 3.8) is 0 Å². The topological polar surface area (TPSA) is 61.6 Å². The fourth-order valence-corrected chi connectivity index (χ4v) is 3.28. The van der Waals surface area contributed by atoms with Crippen molar-refractivity contribution in [2.45, 2.75) is 53.8 Å². The Hall–Kier alpha value is -2.44. The van der Waals surface area contributed by atoms with E-state index in [9.17, 15) is 0 Å². The number of halogens is 2. The van der Waals surface area contributed by atoms with Crippen molar-refractivity contribution in [2.24, 2.45) is 10.2 Å². The van der Waals surface area contributed by atoms with E-state index in [0.717, 1.165) is 11.1 Å². The van der Waals surface area contributed by atoms with Crippen LogP contribution in [0, 0.1) is 0 Å². The average Bonchev–Trinajstić information content (AvgIpc) is 2.70. The molecule has 6 nitrogen and oxygen atoms in total. The molecule has 0 amide bonds. The molecular formula is C24H30Cl2N2O4. The molecule has 2 aromatic carbocycles. The van der Waals surface area contributed by atoms with Crippen molar-refractivity contribution in [1.82, 2.24) is 0 Å². The lowest BCUT2D eigenvalue weighted by Crippen LogP contribution is -2.08. The Labute approximate surface area is 200 Å². The molecule has 0 aliphatic heterocycles. The van der Waals surface area contributed by atoms with Crippen LogP contribution in [0.15, 0.2) is 34.5 Å². The average molecular weight is 481 g/mol. The fraction of sp³-hybridized carbons (Fsp3) is 0.417. The molecule has 0 bridgehead atoms. The van der Waals surface area contributed by atoms with E-state index in [-0.39, 0.29) is 12.2 Å². The number of hydrogen-bond donors (Lipinski definition) is 0. The third-order valence-electron chi connectivity index (χ3n) is 3.85. The van der Waals surface area contributed by atoms with E-state index in [1.165, 1.54) is 0 Å². The number of nitrogens with zero attached hydrogens (tertiary/aromatic N) is 2. The third kappa shape index (κ3) is 7.61. The number of ether oxygens (including phenoxy) is 4. The van der Waals surface area contributed by atoms with Gasteiger partial charge in [-0.05, 0) is 65.8 Å². The summed E-state index contributed by atoms with van der Waals surface area (Å²) in [6.07, 6.45) is 3.12. The monoisotopic (exact) mass is 480 g/mol. The second-order valence-corrected chi connectivity index (χ2v) is 8.16. The third-order valence-corrected chi connectivity index (χ3v) is 4.41.